The van der Waals surface area contributed by atoms with Gasteiger partial charge in [0.1, 0.15) is 10.6 Å². The Bertz CT molecular complexity index is 664. The summed E-state index contributed by atoms with van der Waals surface area (Å²) in [5.74, 6) is -0.403. The van der Waals surface area contributed by atoms with E-state index in [0.29, 0.717) is 6.54 Å². The molecule has 0 bridgehead atoms. The highest BCUT2D eigenvalue weighted by Gasteiger charge is 2.23. The van der Waals surface area contributed by atoms with Crippen molar-refractivity contribution >= 4 is 39.9 Å². The fourth-order valence-electron chi connectivity index (χ4n) is 2.36. The minimum atomic E-state index is -3.80. The van der Waals surface area contributed by atoms with Crippen molar-refractivity contribution in [1.82, 2.24) is 10.0 Å². The molecule has 1 heterocycles. The molecule has 1 amide bonds. The number of nitrogens with one attached hydrogen (secondary N) is 2. The predicted octanol–water partition coefficient (Wildman–Crippen LogP) is 0.904. The molecule has 10 heteroatoms. The lowest BCUT2D eigenvalue weighted by molar-refractivity contribution is -0.120. The molecule has 0 spiro atoms. The Kier molecular flexibility index (Phi) is 8.24. The lowest BCUT2D eigenvalue weighted by Crippen LogP contribution is -2.38. The van der Waals surface area contributed by atoms with Gasteiger partial charge in [0.2, 0.25) is 10.0 Å². The largest absolute Gasteiger partial charge is 0.482 e. The van der Waals surface area contributed by atoms with Crippen molar-refractivity contribution in [3.05, 3.63) is 23.2 Å². The predicted molar refractivity (Wildman–Crippen MR) is 94.2 cm³/mol. The molecule has 136 valence electrons. The summed E-state index contributed by atoms with van der Waals surface area (Å²) in [4.78, 5) is 10.7. The summed E-state index contributed by atoms with van der Waals surface area (Å²) < 4.78 is 32.8. The van der Waals surface area contributed by atoms with Crippen LogP contribution in [0.2, 0.25) is 5.02 Å². The van der Waals surface area contributed by atoms with E-state index in [2.05, 4.69) is 10.0 Å². The number of hydrogen-bond acceptors (Lipinski definition) is 5. The number of piperidine rings is 1. The van der Waals surface area contributed by atoms with Gasteiger partial charge in [-0.3, -0.25) is 4.79 Å². The third kappa shape index (κ3) is 6.10. The zero-order valence-corrected chi connectivity index (χ0v) is 15.3. The van der Waals surface area contributed by atoms with Crippen LogP contribution in [-0.2, 0) is 14.8 Å². The first-order chi connectivity index (χ1) is 10.9. The highest BCUT2D eigenvalue weighted by Crippen LogP contribution is 2.27. The number of rotatable bonds is 7. The van der Waals surface area contributed by atoms with Crippen LogP contribution < -0.4 is 20.5 Å². The number of amides is 1. The van der Waals surface area contributed by atoms with Crippen molar-refractivity contribution in [3.63, 3.8) is 0 Å². The van der Waals surface area contributed by atoms with Gasteiger partial charge in [-0.25, -0.2) is 13.1 Å². The molecule has 1 aliphatic heterocycles. The number of nitrogens with two attached hydrogens (primary N) is 1. The van der Waals surface area contributed by atoms with Gasteiger partial charge in [0.15, 0.2) is 6.61 Å². The van der Waals surface area contributed by atoms with Gasteiger partial charge in [0.25, 0.3) is 5.91 Å². The highest BCUT2D eigenvalue weighted by atomic mass is 35.5. The zero-order valence-electron chi connectivity index (χ0n) is 13.0. The molecule has 1 unspecified atom stereocenters. The van der Waals surface area contributed by atoms with Gasteiger partial charge in [-0.15, -0.1) is 12.4 Å². The van der Waals surface area contributed by atoms with Crippen LogP contribution in [0.1, 0.15) is 12.8 Å². The van der Waals surface area contributed by atoms with E-state index in [4.69, 9.17) is 22.1 Å². The highest BCUT2D eigenvalue weighted by molar-refractivity contribution is 7.89. The fraction of sp³-hybridized carbons (Fsp3) is 0.500. The van der Waals surface area contributed by atoms with Gasteiger partial charge in [-0.2, -0.15) is 0 Å². The van der Waals surface area contributed by atoms with E-state index in [1.54, 1.807) is 0 Å². The van der Waals surface area contributed by atoms with Crippen molar-refractivity contribution in [1.29, 1.82) is 0 Å². The smallest absolute Gasteiger partial charge is 0.255 e. The van der Waals surface area contributed by atoms with Crippen molar-refractivity contribution < 1.29 is 17.9 Å². The lowest BCUT2D eigenvalue weighted by atomic mass is 10.0. The Labute approximate surface area is 152 Å². The second kappa shape index (κ2) is 9.43. The second-order valence-electron chi connectivity index (χ2n) is 5.41. The summed E-state index contributed by atoms with van der Waals surface area (Å²) in [5.41, 5.74) is 5.02. The molecule has 1 fully saturated rings. The maximum absolute atomic E-state index is 12.5. The monoisotopic (exact) mass is 397 g/mol. The van der Waals surface area contributed by atoms with Gasteiger partial charge in [-0.1, -0.05) is 11.6 Å². The Balaban J connectivity index is 0.00000288. The summed E-state index contributed by atoms with van der Waals surface area (Å²) in [7, 11) is -3.80. The van der Waals surface area contributed by atoms with Crippen LogP contribution >= 0.6 is 24.0 Å². The summed E-state index contributed by atoms with van der Waals surface area (Å²) in [6.07, 6.45) is 1.99. The number of carbonyl (C=O) groups excluding carboxylic acids is 1. The van der Waals surface area contributed by atoms with Crippen LogP contribution in [0.4, 0.5) is 0 Å². The van der Waals surface area contributed by atoms with E-state index in [0.717, 1.165) is 25.9 Å². The number of benzene rings is 1. The fourth-order valence-corrected chi connectivity index (χ4v) is 3.88. The van der Waals surface area contributed by atoms with Crippen LogP contribution in [0.25, 0.3) is 0 Å². The van der Waals surface area contributed by atoms with Crippen molar-refractivity contribution in [2.75, 3.05) is 26.2 Å². The van der Waals surface area contributed by atoms with Gasteiger partial charge in [0.05, 0.1) is 0 Å². The van der Waals surface area contributed by atoms with E-state index < -0.39 is 22.5 Å². The Morgan fingerprint density at radius 2 is 2.21 bits per heavy atom. The van der Waals surface area contributed by atoms with Crippen molar-refractivity contribution in [3.8, 4) is 5.75 Å². The Morgan fingerprint density at radius 1 is 1.46 bits per heavy atom. The summed E-state index contributed by atoms with van der Waals surface area (Å²) in [6.45, 7) is 1.67. The molecular formula is C14H21Cl2N3O4S. The van der Waals surface area contributed by atoms with Gasteiger partial charge in [0, 0.05) is 11.6 Å². The van der Waals surface area contributed by atoms with Crippen molar-refractivity contribution in [2.24, 2.45) is 11.7 Å². The van der Waals surface area contributed by atoms with E-state index in [-0.39, 0.29) is 34.0 Å². The maximum atomic E-state index is 12.5. The molecule has 1 saturated heterocycles. The molecule has 1 aromatic rings. The first kappa shape index (κ1) is 21.0. The van der Waals surface area contributed by atoms with Crippen LogP contribution in [0, 0.1) is 5.92 Å². The molecule has 0 radical (unpaired) electrons. The number of halogens is 2. The lowest BCUT2D eigenvalue weighted by Gasteiger charge is -2.23. The molecule has 1 atom stereocenters. The molecule has 1 aliphatic rings. The molecule has 4 N–H and O–H groups in total. The Morgan fingerprint density at radius 3 is 2.83 bits per heavy atom. The van der Waals surface area contributed by atoms with Gasteiger partial charge >= 0.3 is 0 Å². The molecule has 24 heavy (non-hydrogen) atoms. The topological polar surface area (TPSA) is 111 Å². The van der Waals surface area contributed by atoms with Crippen LogP contribution in [0.3, 0.4) is 0 Å². The summed E-state index contributed by atoms with van der Waals surface area (Å²) in [6, 6.07) is 4.18. The van der Waals surface area contributed by atoms with Crippen LogP contribution in [0.5, 0.6) is 5.75 Å². The maximum Gasteiger partial charge on any atom is 0.255 e. The van der Waals surface area contributed by atoms with Gasteiger partial charge < -0.3 is 15.8 Å². The quantitative estimate of drug-likeness (QED) is 0.632. The SMILES string of the molecule is Cl.NC(=O)COc1ccc(Cl)cc1S(=O)(=O)NCC1CCCNC1. The first-order valence-electron chi connectivity index (χ1n) is 7.29. The molecule has 0 aliphatic carbocycles. The van der Waals surface area contributed by atoms with E-state index in [1.807, 2.05) is 0 Å². The standard InChI is InChI=1S/C14H20ClN3O4S.ClH/c15-11-3-4-12(22-9-14(16)19)13(6-11)23(20,21)18-8-10-2-1-5-17-7-10;/h3-4,6,10,17-18H,1-2,5,7-9H2,(H2,16,19);1H. The Hall–Kier alpha value is -1.06. The number of ether oxygens (including phenoxy) is 1. The average Bonchev–Trinajstić information content (AvgIpc) is 2.52. The third-order valence-corrected chi connectivity index (χ3v) is 5.21. The second-order valence-corrected chi connectivity index (χ2v) is 7.58. The zero-order chi connectivity index (χ0) is 16.9. The van der Waals surface area contributed by atoms with E-state index >= 15 is 0 Å². The summed E-state index contributed by atoms with van der Waals surface area (Å²) >= 11 is 5.89. The van der Waals surface area contributed by atoms with Crippen LogP contribution in [-0.4, -0.2) is 40.6 Å². The normalized spacial score (nSPS) is 17.8. The van der Waals surface area contributed by atoms with Crippen LogP contribution in [0.15, 0.2) is 23.1 Å². The first-order valence-corrected chi connectivity index (χ1v) is 9.15. The molecule has 2 rings (SSSR count). The molecule has 7 nitrogen and oxygen atoms in total. The minimum absolute atomic E-state index is 0. The molecule has 1 aromatic carbocycles. The molecule has 0 aromatic heterocycles. The van der Waals surface area contributed by atoms with E-state index in [9.17, 15) is 13.2 Å². The summed E-state index contributed by atoms with van der Waals surface area (Å²) in [5, 5.41) is 3.49. The molecule has 0 saturated carbocycles. The van der Waals surface area contributed by atoms with E-state index in [1.165, 1.54) is 18.2 Å². The minimum Gasteiger partial charge on any atom is -0.482 e. The van der Waals surface area contributed by atoms with Crippen molar-refractivity contribution in [2.45, 2.75) is 17.7 Å². The number of carbonyl (C=O) groups is 1. The average molecular weight is 398 g/mol. The number of hydrogen-bond donors (Lipinski definition) is 3. The number of sulfonamides is 1. The van der Waals surface area contributed by atoms with Gasteiger partial charge in [-0.05, 0) is 50.0 Å². The molecular weight excluding hydrogens is 377 g/mol. The number of primary amides is 1. The third-order valence-electron chi connectivity index (χ3n) is 3.53.